The number of nitrogens with zero attached hydrogens (tertiary/aromatic N) is 4. The predicted octanol–water partition coefficient (Wildman–Crippen LogP) is 4.17. The summed E-state index contributed by atoms with van der Waals surface area (Å²) >= 11 is 0. The first-order valence-corrected chi connectivity index (χ1v) is 12.1. The van der Waals surface area contributed by atoms with Crippen LogP contribution in [-0.4, -0.2) is 40.0 Å². The van der Waals surface area contributed by atoms with Crippen LogP contribution < -0.4 is 10.6 Å². The number of piperidine rings is 1. The van der Waals surface area contributed by atoms with Gasteiger partial charge in [0, 0.05) is 38.6 Å². The van der Waals surface area contributed by atoms with Gasteiger partial charge >= 0.3 is 0 Å². The maximum Gasteiger partial charge on any atom is 0.191 e. The predicted molar refractivity (Wildman–Crippen MR) is 135 cm³/mol. The molecule has 0 radical (unpaired) electrons. The Morgan fingerprint density at radius 2 is 1.52 bits per heavy atom. The number of hydrogen-bond acceptors (Lipinski definition) is 3. The molecule has 3 aromatic rings. The molecule has 0 saturated carbocycles. The molecule has 2 N–H and O–H groups in total. The lowest BCUT2D eigenvalue weighted by atomic mass is 10.1. The smallest absolute Gasteiger partial charge is 0.191 e. The van der Waals surface area contributed by atoms with Crippen LogP contribution >= 0.6 is 0 Å². The average molecular weight is 445 g/mol. The quantitative estimate of drug-likeness (QED) is 0.384. The Bertz CT molecular complexity index is 970. The van der Waals surface area contributed by atoms with Gasteiger partial charge in [-0.2, -0.15) is 0 Å². The van der Waals surface area contributed by atoms with Crippen molar-refractivity contribution < 1.29 is 0 Å². The molecule has 1 aliphatic rings. The first-order valence-electron chi connectivity index (χ1n) is 12.1. The fourth-order valence-electron chi connectivity index (χ4n) is 4.18. The Hall–Kier alpha value is -3.12. The second-order valence-corrected chi connectivity index (χ2v) is 8.75. The Balaban J connectivity index is 1.27. The second-order valence-electron chi connectivity index (χ2n) is 8.75. The average Bonchev–Trinajstić information content (AvgIpc) is 3.36. The Morgan fingerprint density at radius 1 is 0.848 bits per heavy atom. The van der Waals surface area contributed by atoms with E-state index in [0.717, 1.165) is 32.1 Å². The Morgan fingerprint density at radius 3 is 2.18 bits per heavy atom. The molecular formula is C27H36N6. The van der Waals surface area contributed by atoms with Gasteiger partial charge in [0.15, 0.2) is 5.96 Å². The summed E-state index contributed by atoms with van der Waals surface area (Å²) in [7, 11) is 0. The van der Waals surface area contributed by atoms with E-state index in [4.69, 9.17) is 4.99 Å². The summed E-state index contributed by atoms with van der Waals surface area (Å²) < 4.78 is 2.07. The topological polar surface area (TPSA) is 57.5 Å². The summed E-state index contributed by atoms with van der Waals surface area (Å²) in [5.74, 6) is 0.845. The highest BCUT2D eigenvalue weighted by molar-refractivity contribution is 5.79. The van der Waals surface area contributed by atoms with Crippen molar-refractivity contribution in [2.45, 2.75) is 52.4 Å². The molecule has 1 aromatic heterocycles. The highest BCUT2D eigenvalue weighted by Crippen LogP contribution is 2.14. The zero-order chi connectivity index (χ0) is 22.7. The fourth-order valence-corrected chi connectivity index (χ4v) is 4.18. The number of aromatic nitrogens is 2. The molecule has 0 bridgehead atoms. The first-order chi connectivity index (χ1) is 16.3. The van der Waals surface area contributed by atoms with Gasteiger partial charge < -0.3 is 15.2 Å². The third-order valence-electron chi connectivity index (χ3n) is 6.05. The van der Waals surface area contributed by atoms with E-state index in [9.17, 15) is 0 Å². The number of nitrogens with one attached hydrogen (secondary N) is 2. The molecule has 0 atom stereocenters. The summed E-state index contributed by atoms with van der Waals surface area (Å²) in [4.78, 5) is 11.4. The lowest BCUT2D eigenvalue weighted by Crippen LogP contribution is -2.36. The number of guanidine groups is 1. The molecule has 174 valence electrons. The molecule has 4 rings (SSSR count). The van der Waals surface area contributed by atoms with Crippen molar-refractivity contribution in [3.8, 4) is 0 Å². The number of likely N-dealkylation sites (tertiary alicyclic amines) is 1. The van der Waals surface area contributed by atoms with E-state index < -0.39 is 0 Å². The number of benzene rings is 2. The molecule has 0 spiro atoms. The highest BCUT2D eigenvalue weighted by Gasteiger charge is 2.10. The molecular weight excluding hydrogens is 408 g/mol. The zero-order valence-corrected chi connectivity index (χ0v) is 19.7. The molecule has 2 aromatic carbocycles. The molecule has 0 amide bonds. The van der Waals surface area contributed by atoms with Crippen molar-refractivity contribution in [2.75, 3.05) is 19.6 Å². The molecule has 6 nitrogen and oxygen atoms in total. The third kappa shape index (κ3) is 7.46. The van der Waals surface area contributed by atoms with Crippen LogP contribution in [-0.2, 0) is 26.2 Å². The number of aliphatic imine (C=N–C) groups is 1. The lowest BCUT2D eigenvalue weighted by molar-refractivity contribution is 0.221. The van der Waals surface area contributed by atoms with Gasteiger partial charge in [-0.05, 0) is 55.1 Å². The Kier molecular flexibility index (Phi) is 8.53. The van der Waals surface area contributed by atoms with E-state index in [1.54, 1.807) is 0 Å². The molecule has 6 heteroatoms. The second kappa shape index (κ2) is 12.2. The van der Waals surface area contributed by atoms with Crippen LogP contribution in [0.5, 0.6) is 0 Å². The van der Waals surface area contributed by atoms with Crippen molar-refractivity contribution >= 4 is 5.96 Å². The molecule has 0 unspecified atom stereocenters. The molecule has 2 heterocycles. The summed E-state index contributed by atoms with van der Waals surface area (Å²) in [6, 6.07) is 17.6. The molecule has 1 fully saturated rings. The van der Waals surface area contributed by atoms with Crippen LogP contribution in [0.15, 0.2) is 72.2 Å². The van der Waals surface area contributed by atoms with E-state index >= 15 is 0 Å². The minimum absolute atomic E-state index is 0.670. The summed E-state index contributed by atoms with van der Waals surface area (Å²) in [5, 5.41) is 6.81. The largest absolute Gasteiger partial charge is 0.357 e. The van der Waals surface area contributed by atoms with Crippen LogP contribution in [0.4, 0.5) is 0 Å². The van der Waals surface area contributed by atoms with E-state index in [2.05, 4.69) is 80.5 Å². The summed E-state index contributed by atoms with van der Waals surface area (Å²) in [6.07, 6.45) is 9.69. The molecule has 1 saturated heterocycles. The normalized spacial score (nSPS) is 14.9. The zero-order valence-electron chi connectivity index (χ0n) is 19.7. The fraction of sp³-hybridized carbons (Fsp3) is 0.407. The van der Waals surface area contributed by atoms with Gasteiger partial charge in [0.05, 0.1) is 12.9 Å². The van der Waals surface area contributed by atoms with Gasteiger partial charge in [-0.25, -0.2) is 9.98 Å². The van der Waals surface area contributed by atoms with Gasteiger partial charge in [0.1, 0.15) is 0 Å². The van der Waals surface area contributed by atoms with E-state index in [0.29, 0.717) is 6.54 Å². The summed E-state index contributed by atoms with van der Waals surface area (Å²) in [5.41, 5.74) is 5.13. The first kappa shape index (κ1) is 23.1. The van der Waals surface area contributed by atoms with Crippen molar-refractivity contribution in [2.24, 2.45) is 4.99 Å². The number of rotatable bonds is 9. The van der Waals surface area contributed by atoms with Crippen molar-refractivity contribution in [3.63, 3.8) is 0 Å². The number of imidazole rings is 1. The van der Waals surface area contributed by atoms with E-state index in [1.807, 2.05) is 18.7 Å². The van der Waals surface area contributed by atoms with Gasteiger partial charge in [-0.1, -0.05) is 55.0 Å². The lowest BCUT2D eigenvalue weighted by Gasteiger charge is -2.26. The van der Waals surface area contributed by atoms with Crippen LogP contribution in [0.1, 0.15) is 48.4 Å². The van der Waals surface area contributed by atoms with Crippen LogP contribution in [0.3, 0.4) is 0 Å². The minimum atomic E-state index is 0.670. The summed E-state index contributed by atoms with van der Waals surface area (Å²) in [6.45, 7) is 8.72. The van der Waals surface area contributed by atoms with Crippen molar-refractivity contribution in [1.29, 1.82) is 0 Å². The molecule has 33 heavy (non-hydrogen) atoms. The highest BCUT2D eigenvalue weighted by atomic mass is 15.2. The van der Waals surface area contributed by atoms with E-state index in [1.165, 1.54) is 54.6 Å². The van der Waals surface area contributed by atoms with Crippen LogP contribution in [0, 0.1) is 0 Å². The molecule has 1 aliphatic heterocycles. The monoisotopic (exact) mass is 444 g/mol. The van der Waals surface area contributed by atoms with Crippen molar-refractivity contribution in [3.05, 3.63) is 89.5 Å². The van der Waals surface area contributed by atoms with E-state index in [-0.39, 0.29) is 0 Å². The van der Waals surface area contributed by atoms with Crippen LogP contribution in [0.2, 0.25) is 0 Å². The van der Waals surface area contributed by atoms with Crippen LogP contribution in [0.25, 0.3) is 0 Å². The van der Waals surface area contributed by atoms with Gasteiger partial charge in [-0.3, -0.25) is 4.90 Å². The van der Waals surface area contributed by atoms with Gasteiger partial charge in [0.25, 0.3) is 0 Å². The third-order valence-corrected chi connectivity index (χ3v) is 6.05. The Labute approximate surface area is 197 Å². The maximum atomic E-state index is 4.79. The SMILES string of the molecule is CCNC(=NCc1ccc(CN2CCCCC2)cc1)NCc1ccc(Cn2ccnc2)cc1. The molecule has 0 aliphatic carbocycles. The van der Waals surface area contributed by atoms with Gasteiger partial charge in [0.2, 0.25) is 0 Å². The maximum absolute atomic E-state index is 4.79. The number of hydrogen-bond donors (Lipinski definition) is 2. The minimum Gasteiger partial charge on any atom is -0.357 e. The van der Waals surface area contributed by atoms with Gasteiger partial charge in [-0.15, -0.1) is 0 Å². The van der Waals surface area contributed by atoms with Crippen molar-refractivity contribution in [1.82, 2.24) is 25.1 Å². The standard InChI is InChI=1S/C27H36N6/c1-2-29-27(31-19-24-8-12-26(13-9-24)21-33-17-14-28-22-33)30-18-23-6-10-25(11-7-23)20-32-15-4-3-5-16-32/h6-14,17,22H,2-5,15-16,18-21H2,1H3,(H2,29,30,31).